The highest BCUT2D eigenvalue weighted by atomic mass is 32.2. The number of carboxylic acid groups (broad SMARTS) is 1. The molecule has 8 heteroatoms. The molecule has 0 bridgehead atoms. The van der Waals surface area contributed by atoms with E-state index in [4.69, 9.17) is 5.11 Å². The molecule has 3 rings (SSSR count). The highest BCUT2D eigenvalue weighted by Gasteiger charge is 2.22. The SMILES string of the molecule is O=C(O)c1ccc(NC(=O)c2cccc(S(=O)(=O)NC3CCCCC3)c2)cc1. The summed E-state index contributed by atoms with van der Waals surface area (Å²) >= 11 is 0. The van der Waals surface area contributed by atoms with E-state index in [1.807, 2.05) is 0 Å². The van der Waals surface area contributed by atoms with Crippen molar-refractivity contribution in [2.24, 2.45) is 0 Å². The van der Waals surface area contributed by atoms with Gasteiger partial charge in [0.2, 0.25) is 10.0 Å². The highest BCUT2D eigenvalue weighted by Crippen LogP contribution is 2.21. The fourth-order valence-electron chi connectivity index (χ4n) is 3.21. The standard InChI is InChI=1S/C20H22N2O5S/c23-19(21-16-11-9-14(10-12-16)20(24)25)15-5-4-8-18(13-15)28(26,27)22-17-6-2-1-3-7-17/h4-5,8-13,17,22H,1-3,6-7H2,(H,21,23)(H,24,25). The molecule has 2 aromatic rings. The fourth-order valence-corrected chi connectivity index (χ4v) is 4.56. The molecule has 0 atom stereocenters. The molecule has 7 nitrogen and oxygen atoms in total. The van der Waals surface area contributed by atoms with Gasteiger partial charge in [-0.05, 0) is 55.3 Å². The third kappa shape index (κ3) is 4.96. The Morgan fingerprint density at radius 3 is 2.25 bits per heavy atom. The van der Waals surface area contributed by atoms with E-state index >= 15 is 0 Å². The van der Waals surface area contributed by atoms with Crippen LogP contribution in [0.15, 0.2) is 53.4 Å². The molecule has 1 aliphatic rings. The lowest BCUT2D eigenvalue weighted by molar-refractivity contribution is 0.0696. The van der Waals surface area contributed by atoms with Crippen LogP contribution in [-0.2, 0) is 10.0 Å². The predicted molar refractivity (Wildman–Crippen MR) is 105 cm³/mol. The molecular weight excluding hydrogens is 380 g/mol. The van der Waals surface area contributed by atoms with Gasteiger partial charge in [0.1, 0.15) is 0 Å². The van der Waals surface area contributed by atoms with E-state index in [1.165, 1.54) is 48.5 Å². The second-order valence-electron chi connectivity index (χ2n) is 6.82. The number of carbonyl (C=O) groups excluding carboxylic acids is 1. The van der Waals surface area contributed by atoms with Crippen molar-refractivity contribution in [3.05, 3.63) is 59.7 Å². The third-order valence-electron chi connectivity index (χ3n) is 4.72. The number of sulfonamides is 1. The summed E-state index contributed by atoms with van der Waals surface area (Å²) in [5.41, 5.74) is 0.734. The van der Waals surface area contributed by atoms with E-state index in [0.717, 1.165) is 32.1 Å². The monoisotopic (exact) mass is 402 g/mol. The van der Waals surface area contributed by atoms with Crippen molar-refractivity contribution in [2.45, 2.75) is 43.0 Å². The Kier molecular flexibility index (Phi) is 6.11. The number of benzene rings is 2. The smallest absolute Gasteiger partial charge is 0.335 e. The van der Waals surface area contributed by atoms with Crippen LogP contribution < -0.4 is 10.0 Å². The van der Waals surface area contributed by atoms with Crippen LogP contribution >= 0.6 is 0 Å². The van der Waals surface area contributed by atoms with Crippen LogP contribution in [0.1, 0.15) is 52.8 Å². The van der Waals surface area contributed by atoms with Crippen LogP contribution in [0.5, 0.6) is 0 Å². The van der Waals surface area contributed by atoms with Crippen molar-refractivity contribution in [1.82, 2.24) is 4.72 Å². The van der Waals surface area contributed by atoms with Gasteiger partial charge >= 0.3 is 5.97 Å². The van der Waals surface area contributed by atoms with E-state index in [1.54, 1.807) is 0 Å². The van der Waals surface area contributed by atoms with Gasteiger partial charge < -0.3 is 10.4 Å². The average molecular weight is 402 g/mol. The first-order chi connectivity index (χ1) is 13.3. The van der Waals surface area contributed by atoms with E-state index in [0.29, 0.717) is 5.69 Å². The quantitative estimate of drug-likeness (QED) is 0.687. The van der Waals surface area contributed by atoms with E-state index < -0.39 is 21.9 Å². The zero-order chi connectivity index (χ0) is 20.1. The van der Waals surface area contributed by atoms with E-state index in [2.05, 4.69) is 10.0 Å². The molecule has 3 N–H and O–H groups in total. The molecule has 0 aliphatic heterocycles. The minimum Gasteiger partial charge on any atom is -0.478 e. The number of amides is 1. The number of hydrogen-bond acceptors (Lipinski definition) is 4. The van der Waals surface area contributed by atoms with Crippen molar-refractivity contribution in [2.75, 3.05) is 5.32 Å². The minimum absolute atomic E-state index is 0.0481. The molecular formula is C20H22N2O5S. The zero-order valence-corrected chi connectivity index (χ0v) is 16.0. The van der Waals surface area contributed by atoms with Crippen molar-refractivity contribution in [3.63, 3.8) is 0 Å². The van der Waals surface area contributed by atoms with Gasteiger partial charge in [-0.1, -0.05) is 25.3 Å². The summed E-state index contributed by atoms with van der Waals surface area (Å²) in [7, 11) is -3.70. The molecule has 28 heavy (non-hydrogen) atoms. The van der Waals surface area contributed by atoms with Crippen LogP contribution in [0.3, 0.4) is 0 Å². The lowest BCUT2D eigenvalue weighted by atomic mass is 9.96. The molecule has 1 aliphatic carbocycles. The summed E-state index contributed by atoms with van der Waals surface area (Å²) < 4.78 is 28.0. The van der Waals surface area contributed by atoms with Gasteiger partial charge in [-0.25, -0.2) is 17.9 Å². The van der Waals surface area contributed by atoms with Crippen LogP contribution in [-0.4, -0.2) is 31.4 Å². The largest absolute Gasteiger partial charge is 0.478 e. The average Bonchev–Trinajstić information content (AvgIpc) is 2.69. The maximum absolute atomic E-state index is 12.6. The highest BCUT2D eigenvalue weighted by molar-refractivity contribution is 7.89. The molecule has 0 unspecified atom stereocenters. The Morgan fingerprint density at radius 2 is 1.61 bits per heavy atom. The number of rotatable bonds is 6. The minimum atomic E-state index is -3.70. The second-order valence-corrected chi connectivity index (χ2v) is 8.53. The van der Waals surface area contributed by atoms with Crippen LogP contribution in [0.4, 0.5) is 5.69 Å². The Balaban J connectivity index is 1.72. The molecule has 1 saturated carbocycles. The summed E-state index contributed by atoms with van der Waals surface area (Å²) in [5, 5.41) is 11.5. The number of hydrogen-bond donors (Lipinski definition) is 3. The summed E-state index contributed by atoms with van der Waals surface area (Å²) in [6.45, 7) is 0. The first kappa shape index (κ1) is 20.0. The van der Waals surface area contributed by atoms with E-state index in [9.17, 15) is 18.0 Å². The summed E-state index contributed by atoms with van der Waals surface area (Å²) in [6.07, 6.45) is 4.80. The van der Waals surface area contributed by atoms with Gasteiger partial charge in [0.15, 0.2) is 0 Å². The van der Waals surface area contributed by atoms with E-state index in [-0.39, 0.29) is 22.1 Å². The van der Waals surface area contributed by atoms with Crippen molar-refractivity contribution < 1.29 is 23.1 Å². The van der Waals surface area contributed by atoms with Gasteiger partial charge in [0, 0.05) is 17.3 Å². The molecule has 0 radical (unpaired) electrons. The Labute approximate surface area is 163 Å². The fraction of sp³-hybridized carbons (Fsp3) is 0.300. The Morgan fingerprint density at radius 1 is 0.929 bits per heavy atom. The topological polar surface area (TPSA) is 113 Å². The molecule has 0 saturated heterocycles. The van der Waals surface area contributed by atoms with Crippen LogP contribution in [0.25, 0.3) is 0 Å². The Hall–Kier alpha value is -2.71. The lowest BCUT2D eigenvalue weighted by Crippen LogP contribution is -2.36. The van der Waals surface area contributed by atoms with Gasteiger partial charge in [0.05, 0.1) is 10.5 Å². The predicted octanol–water partition coefficient (Wildman–Crippen LogP) is 3.25. The molecule has 1 amide bonds. The van der Waals surface area contributed by atoms with Crippen molar-refractivity contribution in [1.29, 1.82) is 0 Å². The molecule has 0 aromatic heterocycles. The molecule has 2 aromatic carbocycles. The third-order valence-corrected chi connectivity index (χ3v) is 6.24. The maximum Gasteiger partial charge on any atom is 0.335 e. The molecule has 0 spiro atoms. The van der Waals surface area contributed by atoms with Gasteiger partial charge in [-0.15, -0.1) is 0 Å². The summed E-state index contributed by atoms with van der Waals surface area (Å²) in [5.74, 6) is -1.53. The summed E-state index contributed by atoms with van der Waals surface area (Å²) in [4.78, 5) is 23.4. The number of anilines is 1. The maximum atomic E-state index is 12.6. The van der Waals surface area contributed by atoms with Gasteiger partial charge in [-0.2, -0.15) is 0 Å². The molecule has 0 heterocycles. The van der Waals surface area contributed by atoms with Crippen molar-refractivity contribution >= 4 is 27.6 Å². The number of nitrogens with one attached hydrogen (secondary N) is 2. The number of carbonyl (C=O) groups is 2. The lowest BCUT2D eigenvalue weighted by Gasteiger charge is -2.22. The van der Waals surface area contributed by atoms with Gasteiger partial charge in [-0.3, -0.25) is 4.79 Å². The molecule has 1 fully saturated rings. The molecule has 148 valence electrons. The van der Waals surface area contributed by atoms with Crippen LogP contribution in [0, 0.1) is 0 Å². The van der Waals surface area contributed by atoms with Crippen molar-refractivity contribution in [3.8, 4) is 0 Å². The zero-order valence-electron chi connectivity index (χ0n) is 15.2. The summed E-state index contributed by atoms with van der Waals surface area (Å²) in [6, 6.07) is 11.5. The number of aromatic carboxylic acids is 1. The Bertz CT molecular complexity index is 964. The van der Waals surface area contributed by atoms with Crippen LogP contribution in [0.2, 0.25) is 0 Å². The van der Waals surface area contributed by atoms with Gasteiger partial charge in [0.25, 0.3) is 5.91 Å². The first-order valence-electron chi connectivity index (χ1n) is 9.12. The normalized spacial score (nSPS) is 15.1. The second kappa shape index (κ2) is 8.53. The number of carboxylic acids is 1. The first-order valence-corrected chi connectivity index (χ1v) is 10.6.